The molecule has 3 rings (SSSR count). The lowest BCUT2D eigenvalue weighted by atomic mass is 10.2. The van der Waals surface area contributed by atoms with Crippen LogP contribution in [0.25, 0.3) is 0 Å². The summed E-state index contributed by atoms with van der Waals surface area (Å²) in [6, 6.07) is 3.50. The van der Waals surface area contributed by atoms with Crippen LogP contribution in [0.1, 0.15) is 28.2 Å². The Bertz CT molecular complexity index is 683. The van der Waals surface area contributed by atoms with Crippen LogP contribution in [-0.4, -0.2) is 35.1 Å². The van der Waals surface area contributed by atoms with Crippen molar-refractivity contribution in [3.8, 4) is 0 Å². The van der Waals surface area contributed by atoms with Crippen LogP contribution in [0.15, 0.2) is 18.3 Å². The first-order valence-corrected chi connectivity index (χ1v) is 8.57. The Kier molecular flexibility index (Phi) is 5.09. The zero-order chi connectivity index (χ0) is 16.2. The third-order valence-electron chi connectivity index (χ3n) is 3.48. The molecule has 0 spiro atoms. The van der Waals surface area contributed by atoms with Gasteiger partial charge in [-0.2, -0.15) is 0 Å². The molecule has 1 amide bonds. The fourth-order valence-corrected chi connectivity index (χ4v) is 3.31. The molecule has 0 radical (unpaired) electrons. The van der Waals surface area contributed by atoms with Gasteiger partial charge in [0, 0.05) is 19.3 Å². The number of hydrogen-bond acceptors (Lipinski definition) is 6. The number of hydrogen-bond donors (Lipinski definition) is 2. The van der Waals surface area contributed by atoms with Gasteiger partial charge in [0.2, 0.25) is 0 Å². The van der Waals surface area contributed by atoms with E-state index in [2.05, 4.69) is 20.6 Å². The van der Waals surface area contributed by atoms with Crippen LogP contribution in [-0.2, 0) is 4.74 Å². The predicted octanol–water partition coefficient (Wildman–Crippen LogP) is 3.15. The van der Waals surface area contributed by atoms with Gasteiger partial charge in [0.1, 0.15) is 10.7 Å². The highest BCUT2D eigenvalue weighted by Gasteiger charge is 2.19. The van der Waals surface area contributed by atoms with Crippen LogP contribution in [0.3, 0.4) is 0 Å². The first kappa shape index (κ1) is 16.2. The molecular formula is C15H17ClN4O2S. The molecule has 6 nitrogen and oxygen atoms in total. The molecule has 0 aliphatic carbocycles. The third kappa shape index (κ3) is 4.19. The summed E-state index contributed by atoms with van der Waals surface area (Å²) in [7, 11) is 0. The van der Waals surface area contributed by atoms with Crippen molar-refractivity contribution in [3.05, 3.63) is 33.9 Å². The summed E-state index contributed by atoms with van der Waals surface area (Å²) in [6.45, 7) is 3.14. The lowest BCUT2D eigenvalue weighted by Gasteiger charge is -2.09. The van der Waals surface area contributed by atoms with Crippen molar-refractivity contribution < 1.29 is 9.53 Å². The summed E-state index contributed by atoms with van der Waals surface area (Å²) in [6.07, 6.45) is 3.74. The Hall–Kier alpha value is -1.70. The first-order valence-electron chi connectivity index (χ1n) is 7.37. The number of aromatic nitrogens is 2. The molecular weight excluding hydrogens is 336 g/mol. The van der Waals surface area contributed by atoms with E-state index < -0.39 is 0 Å². The minimum absolute atomic E-state index is 0.118. The maximum Gasteiger partial charge on any atom is 0.263 e. The number of nitrogens with one attached hydrogen (secondary N) is 2. The standard InChI is InChI=1S/C15H17ClN4O2S/c1-9-13(14(21)18-8-11-3-2-6-22-11)23-15(19-9)20-12-5-4-10(16)7-17-12/h4-5,7,11H,2-3,6,8H2,1H3,(H,18,21)(H,17,19,20). The number of nitrogens with zero attached hydrogens (tertiary/aromatic N) is 2. The lowest BCUT2D eigenvalue weighted by molar-refractivity contribution is 0.0860. The molecule has 23 heavy (non-hydrogen) atoms. The minimum Gasteiger partial charge on any atom is -0.376 e. The van der Waals surface area contributed by atoms with Crippen molar-refractivity contribution >= 4 is 39.8 Å². The maximum absolute atomic E-state index is 12.3. The molecule has 3 heterocycles. The summed E-state index contributed by atoms with van der Waals surface area (Å²) in [5.41, 5.74) is 0.691. The first-order chi connectivity index (χ1) is 11.1. The average molecular weight is 353 g/mol. The molecule has 1 saturated heterocycles. The minimum atomic E-state index is -0.118. The van der Waals surface area contributed by atoms with Crippen LogP contribution < -0.4 is 10.6 Å². The molecule has 8 heteroatoms. The van der Waals surface area contributed by atoms with E-state index in [9.17, 15) is 4.79 Å². The van der Waals surface area contributed by atoms with Crippen LogP contribution in [0.5, 0.6) is 0 Å². The molecule has 1 aliphatic rings. The smallest absolute Gasteiger partial charge is 0.263 e. The molecule has 1 atom stereocenters. The van der Waals surface area contributed by atoms with Gasteiger partial charge < -0.3 is 15.4 Å². The van der Waals surface area contributed by atoms with E-state index in [0.29, 0.717) is 33.1 Å². The van der Waals surface area contributed by atoms with Crippen LogP contribution in [0, 0.1) is 6.92 Å². The summed E-state index contributed by atoms with van der Waals surface area (Å²) < 4.78 is 5.50. The number of anilines is 2. The summed E-state index contributed by atoms with van der Waals surface area (Å²) in [5.74, 6) is 0.516. The molecule has 0 aromatic carbocycles. The molecule has 2 N–H and O–H groups in total. The Balaban J connectivity index is 1.62. The normalized spacial score (nSPS) is 17.2. The van der Waals surface area contributed by atoms with Gasteiger partial charge in [-0.15, -0.1) is 0 Å². The van der Waals surface area contributed by atoms with Gasteiger partial charge in [-0.3, -0.25) is 4.79 Å². The molecule has 0 saturated carbocycles. The third-order valence-corrected chi connectivity index (χ3v) is 4.77. The van der Waals surface area contributed by atoms with E-state index in [4.69, 9.17) is 16.3 Å². The molecule has 122 valence electrons. The zero-order valence-electron chi connectivity index (χ0n) is 12.6. The Labute approximate surface area is 143 Å². The van der Waals surface area contributed by atoms with E-state index in [0.717, 1.165) is 19.4 Å². The van der Waals surface area contributed by atoms with Crippen molar-refractivity contribution in [2.75, 3.05) is 18.5 Å². The zero-order valence-corrected chi connectivity index (χ0v) is 14.2. The van der Waals surface area contributed by atoms with Crippen LogP contribution in [0.2, 0.25) is 5.02 Å². The fraction of sp³-hybridized carbons (Fsp3) is 0.400. The summed E-state index contributed by atoms with van der Waals surface area (Å²) in [5, 5.41) is 7.18. The second kappa shape index (κ2) is 7.25. The number of amides is 1. The van der Waals surface area contributed by atoms with Crippen molar-refractivity contribution in [1.82, 2.24) is 15.3 Å². The Morgan fingerprint density at radius 3 is 3.09 bits per heavy atom. The summed E-state index contributed by atoms with van der Waals surface area (Å²) >= 11 is 7.11. The lowest BCUT2D eigenvalue weighted by Crippen LogP contribution is -2.31. The number of ether oxygens (including phenoxy) is 1. The number of carbonyl (C=O) groups is 1. The number of thiazole rings is 1. The van der Waals surface area contributed by atoms with Crippen LogP contribution >= 0.6 is 22.9 Å². The van der Waals surface area contributed by atoms with Crippen molar-refractivity contribution in [2.45, 2.75) is 25.9 Å². The maximum atomic E-state index is 12.3. The monoisotopic (exact) mass is 352 g/mol. The van der Waals surface area contributed by atoms with Gasteiger partial charge in [0.15, 0.2) is 5.13 Å². The predicted molar refractivity (Wildman–Crippen MR) is 90.7 cm³/mol. The highest BCUT2D eigenvalue weighted by atomic mass is 35.5. The van der Waals surface area contributed by atoms with E-state index in [1.807, 2.05) is 6.92 Å². The molecule has 2 aromatic rings. The quantitative estimate of drug-likeness (QED) is 0.864. The fourth-order valence-electron chi connectivity index (χ4n) is 2.31. The Morgan fingerprint density at radius 2 is 2.39 bits per heavy atom. The SMILES string of the molecule is Cc1nc(Nc2ccc(Cl)cn2)sc1C(=O)NCC1CCCO1. The van der Waals surface area contributed by atoms with Gasteiger partial charge in [0.25, 0.3) is 5.91 Å². The van der Waals surface area contributed by atoms with Crippen LogP contribution in [0.4, 0.5) is 10.9 Å². The topological polar surface area (TPSA) is 76.1 Å². The second-order valence-electron chi connectivity index (χ2n) is 5.27. The number of pyridine rings is 1. The van der Waals surface area contributed by atoms with Gasteiger partial charge in [-0.05, 0) is 31.9 Å². The van der Waals surface area contributed by atoms with Crippen molar-refractivity contribution in [1.29, 1.82) is 0 Å². The van der Waals surface area contributed by atoms with Crippen molar-refractivity contribution in [2.24, 2.45) is 0 Å². The van der Waals surface area contributed by atoms with Crippen molar-refractivity contribution in [3.63, 3.8) is 0 Å². The van der Waals surface area contributed by atoms with E-state index >= 15 is 0 Å². The number of aryl methyl sites for hydroxylation is 1. The van der Waals surface area contributed by atoms with E-state index in [1.165, 1.54) is 11.3 Å². The van der Waals surface area contributed by atoms with E-state index in [1.54, 1.807) is 18.3 Å². The summed E-state index contributed by atoms with van der Waals surface area (Å²) in [4.78, 5) is 21.4. The van der Waals surface area contributed by atoms with Gasteiger partial charge >= 0.3 is 0 Å². The van der Waals surface area contributed by atoms with E-state index in [-0.39, 0.29) is 12.0 Å². The largest absolute Gasteiger partial charge is 0.376 e. The second-order valence-corrected chi connectivity index (χ2v) is 6.70. The number of carbonyl (C=O) groups excluding carboxylic acids is 1. The molecule has 2 aromatic heterocycles. The molecule has 1 unspecified atom stereocenters. The number of rotatable bonds is 5. The highest BCUT2D eigenvalue weighted by Crippen LogP contribution is 2.25. The van der Waals surface area contributed by atoms with Gasteiger partial charge in [-0.25, -0.2) is 9.97 Å². The molecule has 0 bridgehead atoms. The van der Waals surface area contributed by atoms with Gasteiger partial charge in [0.05, 0.1) is 16.8 Å². The molecule has 1 aliphatic heterocycles. The molecule has 1 fully saturated rings. The van der Waals surface area contributed by atoms with Gasteiger partial charge in [-0.1, -0.05) is 22.9 Å². The Morgan fingerprint density at radius 1 is 1.52 bits per heavy atom. The number of halogens is 1. The highest BCUT2D eigenvalue weighted by molar-refractivity contribution is 7.17. The average Bonchev–Trinajstić information content (AvgIpc) is 3.17.